The number of alkyl halides is 3. The lowest BCUT2D eigenvalue weighted by Crippen LogP contribution is -2.38. The molecule has 0 saturated carbocycles. The summed E-state index contributed by atoms with van der Waals surface area (Å²) in [5, 5.41) is 19.7. The molecule has 3 heterocycles. The lowest BCUT2D eigenvalue weighted by atomic mass is 9.76. The molecule has 0 fully saturated rings. The molecule has 2 aromatic rings. The van der Waals surface area contributed by atoms with Gasteiger partial charge in [-0.05, 0) is 48.4 Å². The van der Waals surface area contributed by atoms with Gasteiger partial charge in [-0.2, -0.15) is 23.4 Å². The van der Waals surface area contributed by atoms with Crippen molar-refractivity contribution in [2.45, 2.75) is 43.8 Å². The molecule has 0 bridgehead atoms. The van der Waals surface area contributed by atoms with Gasteiger partial charge in [0.15, 0.2) is 0 Å². The Bertz CT molecular complexity index is 1070. The van der Waals surface area contributed by atoms with Gasteiger partial charge in [-0.15, -0.1) is 0 Å². The summed E-state index contributed by atoms with van der Waals surface area (Å²) >= 11 is 0. The second-order valence-corrected chi connectivity index (χ2v) is 8.19. The number of nitrogens with zero attached hydrogens (tertiary/aromatic N) is 4. The van der Waals surface area contributed by atoms with Crippen LogP contribution in [0.3, 0.4) is 0 Å². The Morgan fingerprint density at radius 3 is 2.74 bits per heavy atom. The van der Waals surface area contributed by atoms with Crippen LogP contribution in [0.25, 0.3) is 17.3 Å². The Labute approximate surface area is 177 Å². The SMILES string of the molecule is CN(CCO)C1=NNC2C=Cc3nc(-c4cn[nH]c4C(F)(F)F)c4c(c3C12)CCCC4. The third-order valence-electron chi connectivity index (χ3n) is 6.33. The average molecular weight is 432 g/mol. The van der Waals surface area contributed by atoms with E-state index in [0.717, 1.165) is 41.8 Å². The number of rotatable bonds is 3. The van der Waals surface area contributed by atoms with Crippen LogP contribution in [-0.2, 0) is 19.0 Å². The number of hydrogen-bond donors (Lipinski definition) is 3. The van der Waals surface area contributed by atoms with Crippen LogP contribution >= 0.6 is 0 Å². The van der Waals surface area contributed by atoms with Crippen molar-refractivity contribution in [3.8, 4) is 11.3 Å². The third-order valence-corrected chi connectivity index (χ3v) is 6.33. The van der Waals surface area contributed by atoms with Gasteiger partial charge in [0.2, 0.25) is 0 Å². The summed E-state index contributed by atoms with van der Waals surface area (Å²) in [5.41, 5.74) is 6.33. The van der Waals surface area contributed by atoms with Gasteiger partial charge < -0.3 is 15.4 Å². The molecule has 0 saturated heterocycles. The first-order valence-electron chi connectivity index (χ1n) is 10.4. The number of H-pyrrole nitrogens is 1. The second-order valence-electron chi connectivity index (χ2n) is 8.19. The van der Waals surface area contributed by atoms with Gasteiger partial charge in [-0.25, -0.2) is 4.98 Å². The molecule has 10 heteroatoms. The minimum Gasteiger partial charge on any atom is -0.395 e. The van der Waals surface area contributed by atoms with Crippen LogP contribution in [0, 0.1) is 0 Å². The van der Waals surface area contributed by atoms with Crippen molar-refractivity contribution < 1.29 is 18.3 Å². The molecule has 7 nitrogen and oxygen atoms in total. The molecule has 2 aliphatic carbocycles. The molecule has 0 aromatic carbocycles. The van der Waals surface area contributed by atoms with Gasteiger partial charge in [0.25, 0.3) is 0 Å². The van der Waals surface area contributed by atoms with Crippen molar-refractivity contribution in [3.05, 3.63) is 40.4 Å². The Morgan fingerprint density at radius 2 is 2.00 bits per heavy atom. The monoisotopic (exact) mass is 432 g/mol. The quantitative estimate of drug-likeness (QED) is 0.694. The van der Waals surface area contributed by atoms with E-state index in [0.29, 0.717) is 24.4 Å². The van der Waals surface area contributed by atoms with Crippen molar-refractivity contribution >= 4 is 11.9 Å². The number of nitrogens with one attached hydrogen (secondary N) is 2. The summed E-state index contributed by atoms with van der Waals surface area (Å²) in [7, 11) is 1.88. The predicted octanol–water partition coefficient (Wildman–Crippen LogP) is 2.69. The fraction of sp³-hybridized carbons (Fsp3) is 0.476. The van der Waals surface area contributed by atoms with Crippen molar-refractivity contribution in [1.29, 1.82) is 0 Å². The number of aromatic amines is 1. The molecular formula is C21H23F3N6O. The molecule has 1 aliphatic heterocycles. The number of fused-ring (bicyclic) bond motifs is 5. The van der Waals surface area contributed by atoms with Crippen molar-refractivity contribution in [3.63, 3.8) is 0 Å². The summed E-state index contributed by atoms with van der Waals surface area (Å²) in [6, 6.07) is -0.0398. The van der Waals surface area contributed by atoms with Crippen molar-refractivity contribution in [2.24, 2.45) is 5.10 Å². The van der Waals surface area contributed by atoms with Crippen LogP contribution < -0.4 is 5.43 Å². The van der Waals surface area contributed by atoms with Gasteiger partial charge in [0.05, 0.1) is 41.7 Å². The maximum Gasteiger partial charge on any atom is 0.433 e. The molecule has 2 aromatic heterocycles. The van der Waals surface area contributed by atoms with Gasteiger partial charge >= 0.3 is 6.18 Å². The summed E-state index contributed by atoms with van der Waals surface area (Å²) < 4.78 is 40.7. The first kappa shape index (κ1) is 20.0. The molecule has 5 rings (SSSR count). The van der Waals surface area contributed by atoms with E-state index in [1.54, 1.807) is 0 Å². The maximum atomic E-state index is 13.6. The van der Waals surface area contributed by atoms with Gasteiger partial charge in [-0.3, -0.25) is 5.10 Å². The maximum absolute atomic E-state index is 13.6. The average Bonchev–Trinajstić information content (AvgIpc) is 3.40. The number of aliphatic hydroxyl groups is 1. The number of likely N-dealkylation sites (N-methyl/N-ethyl adjacent to an activating group) is 1. The zero-order valence-corrected chi connectivity index (χ0v) is 17.0. The molecule has 2 atom stereocenters. The minimum atomic E-state index is -4.53. The molecule has 164 valence electrons. The molecule has 3 N–H and O–H groups in total. The van der Waals surface area contributed by atoms with E-state index in [1.165, 1.54) is 6.20 Å². The largest absolute Gasteiger partial charge is 0.433 e. The van der Waals surface area contributed by atoms with Crippen molar-refractivity contribution in [2.75, 3.05) is 20.2 Å². The first-order valence-corrected chi connectivity index (χ1v) is 10.4. The van der Waals surface area contributed by atoms with E-state index in [4.69, 9.17) is 4.98 Å². The molecular weight excluding hydrogens is 409 g/mol. The highest BCUT2D eigenvalue weighted by Crippen LogP contribution is 2.44. The van der Waals surface area contributed by atoms with Gasteiger partial charge in [0, 0.05) is 13.6 Å². The smallest absolute Gasteiger partial charge is 0.395 e. The van der Waals surface area contributed by atoms with E-state index in [1.807, 2.05) is 24.1 Å². The molecule has 0 amide bonds. The highest BCUT2D eigenvalue weighted by Gasteiger charge is 2.42. The Hall–Kier alpha value is -2.88. The first-order chi connectivity index (χ1) is 14.9. The summed E-state index contributed by atoms with van der Waals surface area (Å²) in [5.74, 6) is 0.725. The summed E-state index contributed by atoms with van der Waals surface area (Å²) in [6.45, 7) is 0.450. The Kier molecular flexibility index (Phi) is 4.76. The highest BCUT2D eigenvalue weighted by molar-refractivity contribution is 5.94. The topological polar surface area (TPSA) is 89.4 Å². The lowest BCUT2D eigenvalue weighted by Gasteiger charge is -2.33. The van der Waals surface area contributed by atoms with Crippen LogP contribution in [-0.4, -0.2) is 57.3 Å². The van der Waals surface area contributed by atoms with Gasteiger partial charge in [-0.1, -0.05) is 6.08 Å². The van der Waals surface area contributed by atoms with E-state index >= 15 is 0 Å². The lowest BCUT2D eigenvalue weighted by molar-refractivity contribution is -0.140. The van der Waals surface area contributed by atoms with Crippen molar-refractivity contribution in [1.82, 2.24) is 25.5 Å². The molecule has 3 aliphatic rings. The fourth-order valence-electron chi connectivity index (χ4n) is 4.94. The number of halogens is 3. The number of aliphatic hydroxyl groups excluding tert-OH is 1. The molecule has 0 radical (unpaired) electrons. The van der Waals surface area contributed by atoms with Crippen LogP contribution in [0.1, 0.15) is 46.8 Å². The number of aromatic nitrogens is 3. The Balaban J connectivity index is 1.69. The summed E-state index contributed by atoms with van der Waals surface area (Å²) in [4.78, 5) is 6.66. The number of hydrazone groups is 1. The zero-order valence-electron chi connectivity index (χ0n) is 17.0. The van der Waals surface area contributed by atoms with E-state index < -0.39 is 11.9 Å². The highest BCUT2D eigenvalue weighted by atomic mass is 19.4. The van der Waals surface area contributed by atoms with E-state index in [9.17, 15) is 18.3 Å². The van der Waals surface area contributed by atoms with Crippen LogP contribution in [0.4, 0.5) is 13.2 Å². The van der Waals surface area contributed by atoms with Crippen LogP contribution in [0.2, 0.25) is 0 Å². The Morgan fingerprint density at radius 1 is 1.23 bits per heavy atom. The van der Waals surface area contributed by atoms with E-state index in [-0.39, 0.29) is 24.1 Å². The standard InChI is InChI=1S/C21H23F3N6O/c1-30(8-9-31)20-17-15(27-29-20)7-6-14-16(17)11-4-2-3-5-12(11)18(26-14)13-10-25-28-19(13)21(22,23)24/h6-7,10,15,17,27,31H,2-5,8-9H2,1H3,(H,25,28). The van der Waals surface area contributed by atoms with Crippen LogP contribution in [0.5, 0.6) is 0 Å². The van der Waals surface area contributed by atoms with E-state index in [2.05, 4.69) is 20.7 Å². The number of hydrogen-bond acceptors (Lipinski definition) is 6. The molecule has 2 unspecified atom stereocenters. The zero-order chi connectivity index (χ0) is 21.8. The fourth-order valence-corrected chi connectivity index (χ4v) is 4.94. The number of pyridine rings is 1. The van der Waals surface area contributed by atoms with Crippen LogP contribution in [0.15, 0.2) is 17.4 Å². The second kappa shape index (κ2) is 7.37. The predicted molar refractivity (Wildman–Crippen MR) is 109 cm³/mol. The number of amidine groups is 1. The minimum absolute atomic E-state index is 0.000176. The summed E-state index contributed by atoms with van der Waals surface area (Å²) in [6.07, 6.45) is 3.89. The third kappa shape index (κ3) is 3.20. The molecule has 31 heavy (non-hydrogen) atoms. The normalized spacial score (nSPS) is 21.8. The van der Waals surface area contributed by atoms with Gasteiger partial charge in [0.1, 0.15) is 11.5 Å². The molecule has 0 spiro atoms.